The van der Waals surface area contributed by atoms with Crippen LogP contribution in [0.5, 0.6) is 0 Å². The molecule has 4 N–H and O–H groups in total. The summed E-state index contributed by atoms with van der Waals surface area (Å²) in [6.45, 7) is 1.64. The van der Waals surface area contributed by atoms with Crippen LogP contribution in [0, 0.1) is 40.5 Å². The van der Waals surface area contributed by atoms with Crippen LogP contribution in [0.4, 0.5) is 34.1 Å². The normalized spacial score (nSPS) is 11.6. The first-order valence-electron chi connectivity index (χ1n) is 10.9. The Balaban J connectivity index is 0.000000285. The van der Waals surface area contributed by atoms with E-state index in [-0.39, 0.29) is 41.8 Å². The molecule has 0 saturated carbocycles. The SMILES string of the molecule is NC(=O)c1cc(N(CCCl)CCCl)c([N+](=O)[O-])cc1[N+](=O)[O-].NC(=O)c1cc(N2CC2)c([N+](=O)[O-])cc1[N+](=O)[O-]. The van der Waals surface area contributed by atoms with Crippen molar-refractivity contribution >= 4 is 69.1 Å². The van der Waals surface area contributed by atoms with Gasteiger partial charge in [-0.1, -0.05) is 0 Å². The number of nitrogens with two attached hydrogens (primary N) is 2. The lowest BCUT2D eigenvalue weighted by Crippen LogP contribution is -2.29. The van der Waals surface area contributed by atoms with Gasteiger partial charge in [0.2, 0.25) is 0 Å². The second-order valence-corrected chi connectivity index (χ2v) is 8.58. The lowest BCUT2D eigenvalue weighted by Gasteiger charge is -2.22. The molecule has 0 unspecified atom stereocenters. The second kappa shape index (κ2) is 13.3. The summed E-state index contributed by atoms with van der Waals surface area (Å²) < 4.78 is 0. The number of benzene rings is 2. The molecule has 0 spiro atoms. The van der Waals surface area contributed by atoms with Crippen LogP contribution in [0.3, 0.4) is 0 Å². The number of primary amides is 2. The van der Waals surface area contributed by atoms with Crippen molar-refractivity contribution in [1.29, 1.82) is 0 Å². The Bertz CT molecular complexity index is 1380. The van der Waals surface area contributed by atoms with Crippen molar-refractivity contribution in [3.8, 4) is 0 Å². The van der Waals surface area contributed by atoms with Gasteiger partial charge in [-0.15, -0.1) is 23.2 Å². The molecule has 0 atom stereocenters. The maximum atomic E-state index is 11.4. The maximum absolute atomic E-state index is 11.4. The number of hydrogen-bond donors (Lipinski definition) is 2. The molecule has 0 radical (unpaired) electrons. The number of hydrogen-bond acceptors (Lipinski definition) is 12. The predicted molar refractivity (Wildman–Crippen MR) is 142 cm³/mol. The molecule has 1 aliphatic heterocycles. The molecule has 0 aliphatic carbocycles. The molecule has 18 nitrogen and oxygen atoms in total. The fourth-order valence-electron chi connectivity index (χ4n) is 3.48. The first-order chi connectivity index (χ1) is 18.7. The third-order valence-corrected chi connectivity index (χ3v) is 5.68. The van der Waals surface area contributed by atoms with Gasteiger partial charge in [-0.3, -0.25) is 50.0 Å². The molecule has 3 rings (SSSR count). The Morgan fingerprint density at radius 3 is 1.48 bits per heavy atom. The van der Waals surface area contributed by atoms with E-state index in [2.05, 4.69) is 0 Å². The van der Waals surface area contributed by atoms with Crippen LogP contribution in [-0.4, -0.2) is 69.4 Å². The molecule has 1 fully saturated rings. The topological polar surface area (TPSA) is 265 Å². The molecule has 2 amide bonds. The van der Waals surface area contributed by atoms with Crippen LogP contribution in [0.25, 0.3) is 0 Å². The maximum Gasteiger partial charge on any atom is 0.299 e. The molecule has 214 valence electrons. The van der Waals surface area contributed by atoms with Crippen molar-refractivity contribution in [2.75, 3.05) is 47.7 Å². The number of nitrogens with zero attached hydrogens (tertiary/aromatic N) is 6. The lowest BCUT2D eigenvalue weighted by molar-refractivity contribution is -0.394. The van der Waals surface area contributed by atoms with Crippen LogP contribution in [0.15, 0.2) is 24.3 Å². The zero-order valence-electron chi connectivity index (χ0n) is 20.2. The van der Waals surface area contributed by atoms with Crippen LogP contribution in [0.1, 0.15) is 20.7 Å². The van der Waals surface area contributed by atoms with E-state index in [0.29, 0.717) is 19.2 Å². The monoisotopic (exact) mass is 602 g/mol. The third-order valence-electron chi connectivity index (χ3n) is 5.34. The largest absolute Gasteiger partial charge is 0.365 e. The Labute approximate surface area is 233 Å². The molecule has 1 aliphatic rings. The number of rotatable bonds is 12. The van der Waals surface area contributed by atoms with Gasteiger partial charge >= 0.3 is 0 Å². The lowest BCUT2D eigenvalue weighted by atomic mass is 10.1. The van der Waals surface area contributed by atoms with Crippen LogP contribution in [0.2, 0.25) is 0 Å². The number of carbonyl (C=O) groups is 2. The van der Waals surface area contributed by atoms with Gasteiger partial charge in [0.15, 0.2) is 0 Å². The van der Waals surface area contributed by atoms with Gasteiger partial charge in [-0.25, -0.2) is 0 Å². The fraction of sp³-hybridized carbons (Fsp3) is 0.300. The van der Waals surface area contributed by atoms with Gasteiger partial charge < -0.3 is 21.3 Å². The van der Waals surface area contributed by atoms with Crippen LogP contribution in [-0.2, 0) is 0 Å². The first-order valence-corrected chi connectivity index (χ1v) is 12.0. The van der Waals surface area contributed by atoms with Gasteiger partial charge in [0.05, 0.1) is 31.8 Å². The zero-order valence-corrected chi connectivity index (χ0v) is 21.7. The molecule has 1 saturated heterocycles. The molecular formula is C20H20Cl2N8O10. The van der Waals surface area contributed by atoms with Crippen molar-refractivity contribution in [2.45, 2.75) is 0 Å². The zero-order chi connectivity index (χ0) is 30.3. The molecule has 1 heterocycles. The van der Waals surface area contributed by atoms with Crippen molar-refractivity contribution < 1.29 is 29.3 Å². The van der Waals surface area contributed by atoms with E-state index in [4.69, 9.17) is 34.7 Å². The Hall–Kier alpha value is -4.84. The second-order valence-electron chi connectivity index (χ2n) is 7.83. The summed E-state index contributed by atoms with van der Waals surface area (Å²) in [5.41, 5.74) is 7.29. The molecule has 0 bridgehead atoms. The fourth-order valence-corrected chi connectivity index (χ4v) is 3.88. The first kappa shape index (κ1) is 31.4. The molecule has 40 heavy (non-hydrogen) atoms. The Kier molecular flexibility index (Phi) is 10.4. The summed E-state index contributed by atoms with van der Waals surface area (Å²) in [5, 5.41) is 43.7. The van der Waals surface area contributed by atoms with E-state index in [1.165, 1.54) is 4.90 Å². The summed E-state index contributed by atoms with van der Waals surface area (Å²) in [6.07, 6.45) is 0. The summed E-state index contributed by atoms with van der Waals surface area (Å²) >= 11 is 11.3. The molecule has 2 aromatic rings. The van der Waals surface area contributed by atoms with Gasteiger partial charge in [-0.05, 0) is 12.1 Å². The number of alkyl halides is 2. The predicted octanol–water partition coefficient (Wildman–Crippen LogP) is 2.31. The van der Waals surface area contributed by atoms with Crippen molar-refractivity contribution in [3.63, 3.8) is 0 Å². The Morgan fingerprint density at radius 1 is 0.725 bits per heavy atom. The van der Waals surface area contributed by atoms with Crippen molar-refractivity contribution in [1.82, 2.24) is 0 Å². The number of nitro groups is 4. The minimum absolute atomic E-state index is 0.00528. The standard InChI is InChI=1S/C11H12Cl2N4O5.C9H8N4O5/c12-1-3-15(4-2-13)9-5-7(11(14)18)8(16(19)20)6-10(9)17(21)22;10-9(14)5-3-7(11-1-2-11)8(13(17)18)4-6(5)12(15)16/h5-6H,1-4H2,(H2,14,18);3-4H,1-2H2,(H2,10,14). The van der Waals surface area contributed by atoms with Crippen molar-refractivity contribution in [2.24, 2.45) is 11.5 Å². The van der Waals surface area contributed by atoms with Gasteiger partial charge in [0.25, 0.3) is 34.6 Å². The molecule has 20 heteroatoms. The van der Waals surface area contributed by atoms with E-state index < -0.39 is 59.8 Å². The summed E-state index contributed by atoms with van der Waals surface area (Å²) in [6, 6.07) is 3.61. The number of anilines is 2. The smallest absolute Gasteiger partial charge is 0.299 e. The van der Waals surface area contributed by atoms with Gasteiger partial charge in [-0.2, -0.15) is 0 Å². The quantitative estimate of drug-likeness (QED) is 0.153. The highest BCUT2D eigenvalue weighted by atomic mass is 35.5. The highest BCUT2D eigenvalue weighted by Crippen LogP contribution is 2.38. The summed E-state index contributed by atoms with van der Waals surface area (Å²) in [7, 11) is 0. The van der Waals surface area contributed by atoms with E-state index in [9.17, 15) is 50.0 Å². The Morgan fingerprint density at radius 2 is 1.12 bits per heavy atom. The average molecular weight is 603 g/mol. The minimum atomic E-state index is -1.06. The molecule has 2 aromatic carbocycles. The van der Waals surface area contributed by atoms with Gasteiger partial charge in [0.1, 0.15) is 22.5 Å². The van der Waals surface area contributed by atoms with E-state index in [1.54, 1.807) is 4.90 Å². The highest BCUT2D eigenvalue weighted by Gasteiger charge is 2.33. The highest BCUT2D eigenvalue weighted by molar-refractivity contribution is 6.18. The third kappa shape index (κ3) is 7.38. The van der Waals surface area contributed by atoms with Crippen LogP contribution < -0.4 is 21.3 Å². The van der Waals surface area contributed by atoms with Gasteiger partial charge in [0, 0.05) is 37.9 Å². The number of carbonyl (C=O) groups excluding carboxylic acids is 2. The number of nitro benzene ring substituents is 4. The van der Waals surface area contributed by atoms with Crippen LogP contribution >= 0.6 is 23.2 Å². The number of halogens is 2. The van der Waals surface area contributed by atoms with E-state index >= 15 is 0 Å². The summed E-state index contributed by atoms with van der Waals surface area (Å²) in [4.78, 5) is 66.1. The summed E-state index contributed by atoms with van der Waals surface area (Å²) in [5.74, 6) is -1.74. The van der Waals surface area contributed by atoms with Crippen molar-refractivity contribution in [3.05, 3.63) is 75.8 Å². The molecule has 0 aromatic heterocycles. The number of amides is 2. The molecular weight excluding hydrogens is 583 g/mol. The average Bonchev–Trinajstić information content (AvgIpc) is 3.72. The minimum Gasteiger partial charge on any atom is -0.365 e. The van der Waals surface area contributed by atoms with E-state index in [0.717, 1.165) is 18.2 Å². The van der Waals surface area contributed by atoms with E-state index in [1.807, 2.05) is 0 Å².